The Kier molecular flexibility index (Phi) is 5.88. The lowest BCUT2D eigenvalue weighted by atomic mass is 10.1. The molecule has 5 rings (SSSR count). The molecule has 0 spiro atoms. The van der Waals surface area contributed by atoms with Gasteiger partial charge in [0.15, 0.2) is 0 Å². The summed E-state index contributed by atoms with van der Waals surface area (Å²) in [7, 11) is 0. The van der Waals surface area contributed by atoms with Gasteiger partial charge >= 0.3 is 0 Å². The molecule has 172 valence electrons. The highest BCUT2D eigenvalue weighted by Crippen LogP contribution is 2.30. The third-order valence-corrected chi connectivity index (χ3v) is 6.47. The van der Waals surface area contributed by atoms with Crippen LogP contribution in [0.3, 0.4) is 0 Å². The second kappa shape index (κ2) is 9.14. The van der Waals surface area contributed by atoms with Gasteiger partial charge in [-0.05, 0) is 59.9 Å². The van der Waals surface area contributed by atoms with Crippen LogP contribution in [-0.2, 0) is 30.8 Å². The van der Waals surface area contributed by atoms with E-state index in [9.17, 15) is 14.0 Å². The predicted molar refractivity (Wildman–Crippen MR) is 130 cm³/mol. The lowest BCUT2D eigenvalue weighted by Gasteiger charge is -2.21. The molecule has 0 aliphatic carbocycles. The van der Waals surface area contributed by atoms with Gasteiger partial charge in [0, 0.05) is 42.3 Å². The summed E-state index contributed by atoms with van der Waals surface area (Å²) in [6.07, 6.45) is 2.66. The number of carbonyl (C=O) groups excluding carboxylic acids is 2. The van der Waals surface area contributed by atoms with Crippen LogP contribution in [0.15, 0.2) is 72.9 Å². The van der Waals surface area contributed by atoms with Crippen molar-refractivity contribution >= 4 is 22.7 Å². The first-order valence-electron chi connectivity index (χ1n) is 11.5. The van der Waals surface area contributed by atoms with Gasteiger partial charge in [-0.3, -0.25) is 9.59 Å². The summed E-state index contributed by atoms with van der Waals surface area (Å²) >= 11 is 0. The molecule has 6 heteroatoms. The minimum Gasteiger partial charge on any atom is -0.350 e. The van der Waals surface area contributed by atoms with Crippen molar-refractivity contribution < 1.29 is 14.0 Å². The van der Waals surface area contributed by atoms with Crippen molar-refractivity contribution in [1.82, 2.24) is 14.8 Å². The highest BCUT2D eigenvalue weighted by Gasteiger charge is 2.26. The Morgan fingerprint density at radius 1 is 1.06 bits per heavy atom. The second-order valence-electron chi connectivity index (χ2n) is 8.79. The molecule has 2 amide bonds. The maximum Gasteiger partial charge on any atom is 0.254 e. The van der Waals surface area contributed by atoms with Gasteiger partial charge in [0.25, 0.3) is 5.91 Å². The van der Waals surface area contributed by atoms with Gasteiger partial charge < -0.3 is 14.8 Å². The number of rotatable bonds is 6. The smallest absolute Gasteiger partial charge is 0.254 e. The van der Waals surface area contributed by atoms with Crippen LogP contribution in [0.25, 0.3) is 10.9 Å². The third-order valence-electron chi connectivity index (χ3n) is 6.47. The van der Waals surface area contributed by atoms with E-state index in [1.54, 1.807) is 11.0 Å². The van der Waals surface area contributed by atoms with E-state index in [4.69, 9.17) is 0 Å². The predicted octanol–water partition coefficient (Wildman–Crippen LogP) is 4.60. The number of aromatic nitrogens is 1. The van der Waals surface area contributed by atoms with Crippen LogP contribution >= 0.6 is 0 Å². The molecule has 0 saturated heterocycles. The second-order valence-corrected chi connectivity index (χ2v) is 8.79. The van der Waals surface area contributed by atoms with E-state index in [1.807, 2.05) is 66.2 Å². The Morgan fingerprint density at radius 3 is 2.71 bits per heavy atom. The molecule has 4 aromatic rings. The summed E-state index contributed by atoms with van der Waals surface area (Å²) in [6, 6.07) is 20.0. The zero-order valence-corrected chi connectivity index (χ0v) is 19.1. The number of hydrogen-bond donors (Lipinski definition) is 1. The Labute approximate surface area is 197 Å². The first-order valence-corrected chi connectivity index (χ1v) is 11.5. The topological polar surface area (TPSA) is 54.3 Å². The number of halogens is 1. The van der Waals surface area contributed by atoms with E-state index in [-0.39, 0.29) is 24.2 Å². The summed E-state index contributed by atoms with van der Waals surface area (Å²) in [6.45, 7) is 3.59. The number of hydrogen-bond acceptors (Lipinski definition) is 2. The molecular formula is C28H26FN3O2. The normalized spacial score (nSPS) is 13.2. The van der Waals surface area contributed by atoms with Gasteiger partial charge in [0.1, 0.15) is 12.4 Å². The Bertz CT molecular complexity index is 1390. The molecule has 34 heavy (non-hydrogen) atoms. The molecule has 0 radical (unpaired) electrons. The number of benzene rings is 3. The molecule has 3 aromatic carbocycles. The summed E-state index contributed by atoms with van der Waals surface area (Å²) < 4.78 is 15.6. The fraction of sp³-hybridized carbons (Fsp3) is 0.214. The summed E-state index contributed by atoms with van der Waals surface area (Å²) in [5.41, 5.74) is 5.55. The van der Waals surface area contributed by atoms with E-state index < -0.39 is 0 Å². The highest BCUT2D eigenvalue weighted by atomic mass is 19.1. The van der Waals surface area contributed by atoms with Crippen molar-refractivity contribution in [3.8, 4) is 0 Å². The van der Waals surface area contributed by atoms with Crippen LogP contribution < -0.4 is 5.32 Å². The maximum atomic E-state index is 13.6. The average molecular weight is 456 g/mol. The van der Waals surface area contributed by atoms with Crippen LogP contribution in [0.5, 0.6) is 0 Å². The van der Waals surface area contributed by atoms with Crippen molar-refractivity contribution in [1.29, 1.82) is 0 Å². The van der Waals surface area contributed by atoms with Gasteiger partial charge in [-0.15, -0.1) is 0 Å². The summed E-state index contributed by atoms with van der Waals surface area (Å²) in [5, 5.41) is 3.91. The molecule has 1 N–H and O–H groups in total. The minimum atomic E-state index is -0.305. The molecule has 5 nitrogen and oxygen atoms in total. The number of amides is 2. The minimum absolute atomic E-state index is 0.0737. The van der Waals surface area contributed by atoms with Gasteiger partial charge in [0.05, 0.1) is 0 Å². The van der Waals surface area contributed by atoms with Crippen molar-refractivity contribution in [3.05, 3.63) is 107 Å². The van der Waals surface area contributed by atoms with Crippen molar-refractivity contribution in [2.24, 2.45) is 0 Å². The van der Waals surface area contributed by atoms with Crippen LogP contribution in [-0.4, -0.2) is 27.8 Å². The van der Waals surface area contributed by atoms with E-state index in [0.717, 1.165) is 33.2 Å². The number of carbonyl (C=O) groups is 2. The lowest BCUT2D eigenvalue weighted by molar-refractivity contribution is -0.121. The molecular weight excluding hydrogens is 429 g/mol. The van der Waals surface area contributed by atoms with Crippen LogP contribution in [0, 0.1) is 12.7 Å². The third kappa shape index (κ3) is 4.31. The molecule has 2 heterocycles. The molecule has 0 unspecified atom stereocenters. The van der Waals surface area contributed by atoms with Crippen LogP contribution in [0.4, 0.5) is 4.39 Å². The average Bonchev–Trinajstić information content (AvgIpc) is 3.11. The van der Waals surface area contributed by atoms with E-state index in [1.165, 1.54) is 12.1 Å². The largest absolute Gasteiger partial charge is 0.350 e. The van der Waals surface area contributed by atoms with Crippen molar-refractivity contribution in [3.63, 3.8) is 0 Å². The zero-order chi connectivity index (χ0) is 23.7. The maximum absolute atomic E-state index is 13.6. The molecule has 0 atom stereocenters. The van der Waals surface area contributed by atoms with Gasteiger partial charge in [-0.1, -0.05) is 42.5 Å². The fourth-order valence-electron chi connectivity index (χ4n) is 4.68. The molecule has 0 fully saturated rings. The van der Waals surface area contributed by atoms with Crippen LogP contribution in [0.2, 0.25) is 0 Å². The number of nitrogens with zero attached hydrogens (tertiary/aromatic N) is 2. The number of aryl methyl sites for hydroxylation is 1. The Hall–Kier alpha value is -3.93. The Morgan fingerprint density at radius 2 is 1.88 bits per heavy atom. The van der Waals surface area contributed by atoms with E-state index >= 15 is 0 Å². The lowest BCUT2D eigenvalue weighted by Crippen LogP contribution is -2.31. The van der Waals surface area contributed by atoms with Crippen LogP contribution in [0.1, 0.15) is 32.6 Å². The van der Waals surface area contributed by atoms with Gasteiger partial charge in [-0.25, -0.2) is 4.39 Å². The van der Waals surface area contributed by atoms with Gasteiger partial charge in [-0.2, -0.15) is 0 Å². The first kappa shape index (κ1) is 21.9. The molecule has 0 saturated carbocycles. The summed E-state index contributed by atoms with van der Waals surface area (Å²) in [5.74, 6) is -0.455. The quantitative estimate of drug-likeness (QED) is 0.462. The highest BCUT2D eigenvalue weighted by molar-refractivity contribution is 6.08. The molecule has 0 bridgehead atoms. The molecule has 1 aliphatic heterocycles. The SMILES string of the molecule is Cc1ccccc1CNC(=O)Cn1cc2c3c(cccc31)C(=O)N(Cc1cccc(F)c1)CC2. The monoisotopic (exact) mass is 455 g/mol. The number of nitrogens with one attached hydrogen (secondary N) is 1. The zero-order valence-electron chi connectivity index (χ0n) is 19.1. The molecule has 1 aromatic heterocycles. The Balaban J connectivity index is 1.36. The molecule has 1 aliphatic rings. The van der Waals surface area contributed by atoms with E-state index in [0.29, 0.717) is 31.6 Å². The van der Waals surface area contributed by atoms with Crippen molar-refractivity contribution in [2.75, 3.05) is 6.54 Å². The van der Waals surface area contributed by atoms with Gasteiger partial charge in [0.2, 0.25) is 5.91 Å². The fourth-order valence-corrected chi connectivity index (χ4v) is 4.68. The summed E-state index contributed by atoms with van der Waals surface area (Å²) in [4.78, 5) is 27.9. The van der Waals surface area contributed by atoms with Crippen molar-refractivity contribution in [2.45, 2.75) is 33.0 Å². The van der Waals surface area contributed by atoms with E-state index in [2.05, 4.69) is 5.32 Å². The standard InChI is InChI=1S/C28H26FN3O2/c1-19-6-2-3-8-21(19)15-30-26(33)18-32-17-22-12-13-31(16-20-7-4-9-23(29)14-20)28(34)24-10-5-11-25(32)27(22)24/h2-11,14,17H,12-13,15-16,18H2,1H3,(H,30,33). The first-order chi connectivity index (χ1) is 16.5.